The van der Waals surface area contributed by atoms with Crippen molar-refractivity contribution in [2.45, 2.75) is 47.5 Å². The summed E-state index contributed by atoms with van der Waals surface area (Å²) in [6, 6.07) is 8.37. The molecule has 0 aliphatic rings. The van der Waals surface area contributed by atoms with Crippen molar-refractivity contribution in [2.24, 2.45) is 0 Å². The van der Waals surface area contributed by atoms with E-state index in [1.165, 1.54) is 15.6 Å². The van der Waals surface area contributed by atoms with E-state index in [0.29, 0.717) is 0 Å². The van der Waals surface area contributed by atoms with Crippen molar-refractivity contribution in [1.82, 2.24) is 9.97 Å². The highest BCUT2D eigenvalue weighted by molar-refractivity contribution is 7.17. The first kappa shape index (κ1) is 20.4. The Kier molecular flexibility index (Phi) is 5.02. The largest absolute Gasteiger partial charge is 0.361 e. The SMILES string of the molecule is CC(=O)c1c(C)[nH]c(C(c2[nH]c(C)c(C(C)=O)c2C)c2csc3ccccc23)c1C. The number of aryl methyl sites for hydroxylation is 2. The van der Waals surface area contributed by atoms with Crippen LogP contribution in [-0.4, -0.2) is 21.5 Å². The monoisotopic (exact) mass is 418 g/mol. The number of hydrogen-bond acceptors (Lipinski definition) is 3. The van der Waals surface area contributed by atoms with E-state index in [2.05, 4.69) is 33.5 Å². The molecule has 4 rings (SSSR count). The standard InChI is InChI=1S/C25H26N2O2S/c1-12-21(16(5)28)14(3)26-24(12)23(19-11-30-20-10-8-7-9-18(19)20)25-13(2)22(17(6)29)15(4)27-25/h7-11,23,26-27H,1-6H3. The molecule has 0 spiro atoms. The maximum Gasteiger partial charge on any atom is 0.161 e. The highest BCUT2D eigenvalue weighted by Crippen LogP contribution is 2.42. The van der Waals surface area contributed by atoms with Gasteiger partial charge in [-0.05, 0) is 75.1 Å². The van der Waals surface area contributed by atoms with E-state index in [0.717, 1.165) is 45.0 Å². The lowest BCUT2D eigenvalue weighted by molar-refractivity contribution is 0.100. The molecule has 0 aliphatic carbocycles. The zero-order valence-corrected chi connectivity index (χ0v) is 19.0. The Bertz CT molecular complexity index is 1240. The van der Waals surface area contributed by atoms with Crippen molar-refractivity contribution in [2.75, 3.05) is 0 Å². The van der Waals surface area contributed by atoms with Crippen molar-refractivity contribution < 1.29 is 9.59 Å². The number of carbonyl (C=O) groups excluding carboxylic acids is 2. The Morgan fingerprint density at radius 3 is 1.80 bits per heavy atom. The molecule has 4 nitrogen and oxygen atoms in total. The number of fused-ring (bicyclic) bond motifs is 1. The van der Waals surface area contributed by atoms with Gasteiger partial charge in [-0.15, -0.1) is 11.3 Å². The molecule has 4 aromatic rings. The van der Waals surface area contributed by atoms with Crippen LogP contribution >= 0.6 is 11.3 Å². The molecule has 3 aromatic heterocycles. The van der Waals surface area contributed by atoms with Crippen LogP contribution in [0.25, 0.3) is 10.1 Å². The number of carbonyl (C=O) groups is 2. The second kappa shape index (κ2) is 7.40. The van der Waals surface area contributed by atoms with Crippen LogP contribution in [0, 0.1) is 27.7 Å². The highest BCUT2D eigenvalue weighted by Gasteiger charge is 2.30. The zero-order valence-electron chi connectivity index (χ0n) is 18.2. The molecule has 0 unspecified atom stereocenters. The number of aromatic nitrogens is 2. The van der Waals surface area contributed by atoms with Gasteiger partial charge in [0.15, 0.2) is 11.6 Å². The quantitative estimate of drug-likeness (QED) is 0.370. The lowest BCUT2D eigenvalue weighted by Crippen LogP contribution is -2.08. The highest BCUT2D eigenvalue weighted by atomic mass is 32.1. The molecular weight excluding hydrogens is 392 g/mol. The summed E-state index contributed by atoms with van der Waals surface area (Å²) < 4.78 is 1.22. The van der Waals surface area contributed by atoms with Gasteiger partial charge in [0.25, 0.3) is 0 Å². The van der Waals surface area contributed by atoms with Gasteiger partial charge in [-0.2, -0.15) is 0 Å². The van der Waals surface area contributed by atoms with Gasteiger partial charge in [-0.25, -0.2) is 0 Å². The number of nitrogens with one attached hydrogen (secondary N) is 2. The average Bonchev–Trinajstić information content (AvgIpc) is 3.31. The van der Waals surface area contributed by atoms with Crippen molar-refractivity contribution in [3.63, 3.8) is 0 Å². The molecule has 154 valence electrons. The molecule has 2 N–H and O–H groups in total. The maximum atomic E-state index is 12.3. The van der Waals surface area contributed by atoms with Gasteiger partial charge < -0.3 is 9.97 Å². The van der Waals surface area contributed by atoms with Crippen LogP contribution in [0.5, 0.6) is 0 Å². The number of hydrogen-bond donors (Lipinski definition) is 2. The first-order valence-electron chi connectivity index (χ1n) is 10.1. The van der Waals surface area contributed by atoms with Crippen molar-refractivity contribution >= 4 is 33.0 Å². The van der Waals surface area contributed by atoms with E-state index in [4.69, 9.17) is 0 Å². The lowest BCUT2D eigenvalue weighted by Gasteiger charge is -2.18. The Hall–Kier alpha value is -2.92. The fourth-order valence-corrected chi connectivity index (χ4v) is 5.85. The number of thiophene rings is 1. The summed E-state index contributed by atoms with van der Waals surface area (Å²) in [4.78, 5) is 31.6. The minimum Gasteiger partial charge on any atom is -0.361 e. The van der Waals surface area contributed by atoms with E-state index in [9.17, 15) is 9.59 Å². The van der Waals surface area contributed by atoms with Gasteiger partial charge in [0.1, 0.15) is 0 Å². The molecule has 0 bridgehead atoms. The molecule has 0 amide bonds. The molecule has 1 aromatic carbocycles. The third-order valence-corrected chi connectivity index (χ3v) is 7.04. The number of ketones is 2. The predicted octanol–water partition coefficient (Wildman–Crippen LogP) is 6.38. The number of benzene rings is 1. The van der Waals surface area contributed by atoms with Crippen molar-refractivity contribution in [3.05, 3.63) is 80.2 Å². The number of Topliss-reactive ketones (excluding diaryl/α,β-unsaturated/α-hetero) is 2. The lowest BCUT2D eigenvalue weighted by atomic mass is 9.87. The minimum absolute atomic E-state index is 0.0604. The smallest absolute Gasteiger partial charge is 0.161 e. The number of aromatic amines is 2. The molecular formula is C25H26N2O2S. The third kappa shape index (κ3) is 3.05. The van der Waals surface area contributed by atoms with Gasteiger partial charge in [0, 0.05) is 38.6 Å². The van der Waals surface area contributed by atoms with Crippen molar-refractivity contribution in [3.8, 4) is 0 Å². The zero-order chi connectivity index (χ0) is 21.7. The summed E-state index contributed by atoms with van der Waals surface area (Å²) in [5.74, 6) is -0.00442. The van der Waals surface area contributed by atoms with E-state index in [1.54, 1.807) is 25.2 Å². The minimum atomic E-state index is -0.125. The Balaban J connectivity index is 2.06. The summed E-state index contributed by atoms with van der Waals surface area (Å²) in [5, 5.41) is 3.39. The van der Waals surface area contributed by atoms with E-state index >= 15 is 0 Å². The normalized spacial score (nSPS) is 11.6. The second-order valence-electron chi connectivity index (χ2n) is 8.06. The Morgan fingerprint density at radius 1 is 0.833 bits per heavy atom. The molecule has 0 aliphatic heterocycles. The van der Waals surface area contributed by atoms with Crippen LogP contribution in [0.2, 0.25) is 0 Å². The fraction of sp³-hybridized carbons (Fsp3) is 0.280. The van der Waals surface area contributed by atoms with E-state index < -0.39 is 0 Å². The van der Waals surface area contributed by atoms with Crippen LogP contribution in [0.1, 0.15) is 79.9 Å². The molecule has 5 heteroatoms. The second-order valence-corrected chi connectivity index (χ2v) is 8.97. The first-order chi connectivity index (χ1) is 14.2. The summed E-state index contributed by atoms with van der Waals surface area (Å²) in [5.41, 5.74) is 8.38. The third-order valence-electron chi connectivity index (χ3n) is 6.06. The molecule has 0 atom stereocenters. The van der Waals surface area contributed by atoms with Gasteiger partial charge in [-0.1, -0.05) is 18.2 Å². The van der Waals surface area contributed by atoms with Gasteiger partial charge in [0.2, 0.25) is 0 Å². The Labute approximate surface area is 180 Å². The fourth-order valence-electron chi connectivity index (χ4n) is 4.86. The van der Waals surface area contributed by atoms with Crippen LogP contribution in [0.4, 0.5) is 0 Å². The summed E-state index contributed by atoms with van der Waals surface area (Å²) in [7, 11) is 0. The maximum absolute atomic E-state index is 12.3. The molecule has 0 fully saturated rings. The molecule has 30 heavy (non-hydrogen) atoms. The van der Waals surface area contributed by atoms with Crippen molar-refractivity contribution in [1.29, 1.82) is 0 Å². The van der Waals surface area contributed by atoms with E-state index in [-0.39, 0.29) is 17.5 Å². The molecule has 3 heterocycles. The average molecular weight is 419 g/mol. The summed E-state index contributed by atoms with van der Waals surface area (Å²) in [6.45, 7) is 11.1. The van der Waals surface area contributed by atoms with Crippen LogP contribution in [-0.2, 0) is 0 Å². The molecule has 0 saturated carbocycles. The topological polar surface area (TPSA) is 65.7 Å². The molecule has 0 radical (unpaired) electrons. The van der Waals surface area contributed by atoms with Crippen LogP contribution in [0.15, 0.2) is 29.6 Å². The number of rotatable bonds is 5. The van der Waals surface area contributed by atoms with Gasteiger partial charge >= 0.3 is 0 Å². The first-order valence-corrected chi connectivity index (χ1v) is 11.0. The predicted molar refractivity (Wildman–Crippen MR) is 123 cm³/mol. The van der Waals surface area contributed by atoms with Gasteiger partial charge in [0.05, 0.1) is 5.92 Å². The van der Waals surface area contributed by atoms with Gasteiger partial charge in [-0.3, -0.25) is 9.59 Å². The Morgan fingerprint density at radius 2 is 1.33 bits per heavy atom. The number of H-pyrrole nitrogens is 2. The summed E-state index contributed by atoms with van der Waals surface area (Å²) in [6.07, 6.45) is 0. The van der Waals surface area contributed by atoms with Crippen LogP contribution < -0.4 is 0 Å². The van der Waals surface area contributed by atoms with E-state index in [1.807, 2.05) is 33.8 Å². The summed E-state index contributed by atoms with van der Waals surface area (Å²) >= 11 is 1.72. The van der Waals surface area contributed by atoms with Crippen LogP contribution in [0.3, 0.4) is 0 Å². The molecule has 0 saturated heterocycles.